The van der Waals surface area contributed by atoms with E-state index in [-0.39, 0.29) is 11.8 Å². The third-order valence-corrected chi connectivity index (χ3v) is 6.15. The van der Waals surface area contributed by atoms with E-state index in [9.17, 15) is 9.90 Å². The molecule has 1 aromatic heterocycles. The Hall–Kier alpha value is -1.53. The average Bonchev–Trinajstić information content (AvgIpc) is 3.06. The molecule has 2 aliphatic rings. The lowest BCUT2D eigenvalue weighted by Gasteiger charge is -2.38. The Morgan fingerprint density at radius 1 is 1.25 bits per heavy atom. The summed E-state index contributed by atoms with van der Waals surface area (Å²) in [5.41, 5.74) is 0.565. The molecule has 0 spiro atoms. The molecule has 128 valence electrons. The van der Waals surface area contributed by atoms with Gasteiger partial charge in [-0.1, -0.05) is 12.1 Å². The van der Waals surface area contributed by atoms with Crippen LogP contribution in [0.1, 0.15) is 37.5 Å². The van der Waals surface area contributed by atoms with Crippen LogP contribution in [-0.2, 0) is 4.79 Å². The lowest BCUT2D eigenvalue weighted by Crippen LogP contribution is -2.52. The predicted molar refractivity (Wildman–Crippen MR) is 94.1 cm³/mol. The molecule has 2 aromatic rings. The van der Waals surface area contributed by atoms with Gasteiger partial charge in [0.15, 0.2) is 11.5 Å². The standard InChI is InChI=1S/C18H22N2O3S/c21-17(18(22)7-11-24-12-8-18)20-9-5-13(6-10-20)16-19-14-3-1-2-4-15(14)23-16/h1-4,13,22H,5-12H2. The minimum atomic E-state index is -1.14. The number of nitrogens with zero attached hydrogens (tertiary/aromatic N) is 2. The van der Waals surface area contributed by atoms with Crippen LogP contribution < -0.4 is 0 Å². The summed E-state index contributed by atoms with van der Waals surface area (Å²) >= 11 is 1.81. The molecular formula is C18H22N2O3S. The van der Waals surface area contributed by atoms with Crippen molar-refractivity contribution in [3.8, 4) is 0 Å². The number of aliphatic hydroxyl groups is 1. The number of carbonyl (C=O) groups is 1. The summed E-state index contributed by atoms with van der Waals surface area (Å²) in [7, 11) is 0. The zero-order chi connectivity index (χ0) is 16.6. The van der Waals surface area contributed by atoms with Crippen LogP contribution in [0.2, 0.25) is 0 Å². The first-order valence-electron chi connectivity index (χ1n) is 8.61. The van der Waals surface area contributed by atoms with E-state index in [1.807, 2.05) is 40.9 Å². The van der Waals surface area contributed by atoms with Gasteiger partial charge in [0.05, 0.1) is 0 Å². The molecule has 2 aliphatic heterocycles. The first-order chi connectivity index (χ1) is 11.7. The van der Waals surface area contributed by atoms with Gasteiger partial charge in [-0.05, 0) is 49.3 Å². The first-order valence-corrected chi connectivity index (χ1v) is 9.76. The molecule has 0 saturated carbocycles. The van der Waals surface area contributed by atoms with Gasteiger partial charge in [0.2, 0.25) is 0 Å². The number of likely N-dealkylation sites (tertiary alicyclic amines) is 1. The van der Waals surface area contributed by atoms with Gasteiger partial charge in [0.1, 0.15) is 11.1 Å². The Labute approximate surface area is 145 Å². The number of benzene rings is 1. The second kappa shape index (κ2) is 6.41. The van der Waals surface area contributed by atoms with Crippen molar-refractivity contribution in [2.24, 2.45) is 0 Å². The van der Waals surface area contributed by atoms with Crippen molar-refractivity contribution in [3.63, 3.8) is 0 Å². The molecule has 6 heteroatoms. The van der Waals surface area contributed by atoms with E-state index < -0.39 is 5.60 Å². The fraction of sp³-hybridized carbons (Fsp3) is 0.556. The van der Waals surface area contributed by atoms with Crippen molar-refractivity contribution >= 4 is 28.8 Å². The number of hydrogen-bond acceptors (Lipinski definition) is 5. The maximum absolute atomic E-state index is 12.7. The van der Waals surface area contributed by atoms with E-state index in [1.165, 1.54) is 0 Å². The third kappa shape index (κ3) is 2.93. The van der Waals surface area contributed by atoms with Crippen molar-refractivity contribution in [3.05, 3.63) is 30.2 Å². The number of fused-ring (bicyclic) bond motifs is 1. The monoisotopic (exact) mass is 346 g/mol. The van der Waals surface area contributed by atoms with Crippen LogP contribution in [0, 0.1) is 0 Å². The molecule has 0 aliphatic carbocycles. The Bertz CT molecular complexity index is 698. The Morgan fingerprint density at radius 3 is 2.67 bits per heavy atom. The molecule has 1 aromatic carbocycles. The first kappa shape index (κ1) is 16.0. The number of thioether (sulfide) groups is 1. The van der Waals surface area contributed by atoms with E-state index in [1.54, 1.807) is 0 Å². The summed E-state index contributed by atoms with van der Waals surface area (Å²) in [5, 5.41) is 10.6. The smallest absolute Gasteiger partial charge is 0.254 e. The minimum absolute atomic E-state index is 0.0844. The van der Waals surface area contributed by atoms with E-state index in [0.29, 0.717) is 25.9 Å². The highest BCUT2D eigenvalue weighted by Gasteiger charge is 2.41. The molecule has 0 bridgehead atoms. The molecule has 2 saturated heterocycles. The minimum Gasteiger partial charge on any atom is -0.440 e. The average molecular weight is 346 g/mol. The number of oxazole rings is 1. The fourth-order valence-electron chi connectivity index (χ4n) is 3.61. The van der Waals surface area contributed by atoms with Crippen LogP contribution in [0.3, 0.4) is 0 Å². The Morgan fingerprint density at radius 2 is 1.96 bits per heavy atom. The maximum Gasteiger partial charge on any atom is 0.254 e. The summed E-state index contributed by atoms with van der Waals surface area (Å²) in [6, 6.07) is 7.79. The molecule has 0 unspecified atom stereocenters. The summed E-state index contributed by atoms with van der Waals surface area (Å²) in [6.45, 7) is 1.33. The predicted octanol–water partition coefficient (Wildman–Crippen LogP) is 2.79. The summed E-state index contributed by atoms with van der Waals surface area (Å²) in [5.74, 6) is 2.66. The highest BCUT2D eigenvalue weighted by molar-refractivity contribution is 7.99. The number of piperidine rings is 1. The van der Waals surface area contributed by atoms with Crippen molar-refractivity contribution in [2.75, 3.05) is 24.6 Å². The summed E-state index contributed by atoms with van der Waals surface area (Å²) in [6.07, 6.45) is 2.82. The zero-order valence-corrected chi connectivity index (χ0v) is 14.4. The Balaban J connectivity index is 1.42. The van der Waals surface area contributed by atoms with Crippen LogP contribution in [0.15, 0.2) is 28.7 Å². The molecule has 1 amide bonds. The van der Waals surface area contributed by atoms with Crippen LogP contribution in [0.25, 0.3) is 11.1 Å². The second-order valence-corrected chi connectivity index (χ2v) is 7.96. The van der Waals surface area contributed by atoms with Gasteiger partial charge in [-0.2, -0.15) is 11.8 Å². The molecule has 24 heavy (non-hydrogen) atoms. The summed E-state index contributed by atoms with van der Waals surface area (Å²) < 4.78 is 5.87. The largest absolute Gasteiger partial charge is 0.440 e. The number of aromatic nitrogens is 1. The lowest BCUT2D eigenvalue weighted by atomic mass is 9.91. The van der Waals surface area contributed by atoms with Crippen molar-refractivity contribution in [1.29, 1.82) is 0 Å². The van der Waals surface area contributed by atoms with Gasteiger partial charge in [0, 0.05) is 19.0 Å². The summed E-state index contributed by atoms with van der Waals surface area (Å²) in [4.78, 5) is 19.1. The van der Waals surface area contributed by atoms with Crippen LogP contribution in [-0.4, -0.2) is 51.1 Å². The number of rotatable bonds is 2. The van der Waals surface area contributed by atoms with E-state index in [4.69, 9.17) is 4.42 Å². The Kier molecular flexibility index (Phi) is 4.26. The lowest BCUT2D eigenvalue weighted by molar-refractivity contribution is -0.153. The van der Waals surface area contributed by atoms with Crippen LogP contribution >= 0.6 is 11.8 Å². The molecule has 3 heterocycles. The second-order valence-electron chi connectivity index (χ2n) is 6.73. The van der Waals surface area contributed by atoms with Crippen LogP contribution in [0.4, 0.5) is 0 Å². The molecule has 0 atom stereocenters. The van der Waals surface area contributed by atoms with Crippen molar-refractivity contribution in [2.45, 2.75) is 37.2 Å². The van der Waals surface area contributed by atoms with Crippen LogP contribution in [0.5, 0.6) is 0 Å². The fourth-order valence-corrected chi connectivity index (χ4v) is 4.78. The molecule has 1 N–H and O–H groups in total. The van der Waals surface area contributed by atoms with Gasteiger partial charge in [0.25, 0.3) is 5.91 Å². The number of amides is 1. The SMILES string of the molecule is O=C(N1CCC(c2nc3ccccc3o2)CC1)C1(O)CCSCC1. The number of hydrogen-bond donors (Lipinski definition) is 1. The molecule has 0 radical (unpaired) electrons. The number of carbonyl (C=O) groups excluding carboxylic acids is 1. The van der Waals surface area contributed by atoms with E-state index in [2.05, 4.69) is 4.98 Å². The third-order valence-electron chi connectivity index (χ3n) is 5.16. The van der Waals surface area contributed by atoms with Crippen molar-refractivity contribution < 1.29 is 14.3 Å². The molecule has 4 rings (SSSR count). The van der Waals surface area contributed by atoms with Gasteiger partial charge in [-0.15, -0.1) is 0 Å². The van der Waals surface area contributed by atoms with E-state index >= 15 is 0 Å². The molecule has 2 fully saturated rings. The van der Waals surface area contributed by atoms with Gasteiger partial charge in [-0.25, -0.2) is 4.98 Å². The maximum atomic E-state index is 12.7. The quantitative estimate of drug-likeness (QED) is 0.906. The highest BCUT2D eigenvalue weighted by atomic mass is 32.2. The highest BCUT2D eigenvalue weighted by Crippen LogP contribution is 2.33. The van der Waals surface area contributed by atoms with Crippen molar-refractivity contribution in [1.82, 2.24) is 9.88 Å². The normalized spacial score (nSPS) is 22.0. The zero-order valence-electron chi connectivity index (χ0n) is 13.6. The van der Waals surface area contributed by atoms with Gasteiger partial charge < -0.3 is 14.4 Å². The molecular weight excluding hydrogens is 324 g/mol. The van der Waals surface area contributed by atoms with E-state index in [0.717, 1.165) is 41.3 Å². The van der Waals surface area contributed by atoms with Gasteiger partial charge >= 0.3 is 0 Å². The van der Waals surface area contributed by atoms with Gasteiger partial charge in [-0.3, -0.25) is 4.79 Å². The number of para-hydroxylation sites is 2. The molecule has 5 nitrogen and oxygen atoms in total. The topological polar surface area (TPSA) is 66.6 Å².